The van der Waals surface area contributed by atoms with Crippen molar-refractivity contribution in [2.75, 3.05) is 12.4 Å². The topological polar surface area (TPSA) is 64.4 Å². The van der Waals surface area contributed by atoms with E-state index in [1.807, 2.05) is 0 Å². The quantitative estimate of drug-likeness (QED) is 0.473. The Morgan fingerprint density at radius 2 is 2.00 bits per heavy atom. The fourth-order valence-electron chi connectivity index (χ4n) is 2.30. The second-order valence-electron chi connectivity index (χ2n) is 4.80. The Bertz CT molecular complexity index is 858. The van der Waals surface area contributed by atoms with Crippen LogP contribution in [-0.4, -0.2) is 12.0 Å². The molecule has 2 aromatic carbocycles. The molecule has 0 bridgehead atoms. The Balaban J connectivity index is 2.24. The van der Waals surface area contributed by atoms with Crippen molar-refractivity contribution in [1.29, 1.82) is 0 Å². The lowest BCUT2D eigenvalue weighted by molar-refractivity contribution is -0.385. The van der Waals surface area contributed by atoms with E-state index in [4.69, 9.17) is 16.3 Å². The molecule has 1 N–H and O–H groups in total. The van der Waals surface area contributed by atoms with Crippen LogP contribution in [0.4, 0.5) is 30.2 Å². The summed E-state index contributed by atoms with van der Waals surface area (Å²) < 4.78 is 45.1. The zero-order valence-corrected chi connectivity index (χ0v) is 13.5. The summed E-state index contributed by atoms with van der Waals surface area (Å²) in [6.45, 7) is 0. The molecule has 5 nitrogen and oxygen atoms in total. The molecule has 0 fully saturated rings. The Kier molecular flexibility index (Phi) is 4.00. The minimum atomic E-state index is -4.76. The van der Waals surface area contributed by atoms with Gasteiger partial charge in [0.05, 0.1) is 38.9 Å². The van der Waals surface area contributed by atoms with Gasteiger partial charge in [0, 0.05) is 17.0 Å². The van der Waals surface area contributed by atoms with Gasteiger partial charge in [0.25, 0.3) is 5.69 Å². The number of halogens is 4. The first kappa shape index (κ1) is 16.7. The Morgan fingerprint density at radius 3 is 2.58 bits per heavy atom. The van der Waals surface area contributed by atoms with Crippen LogP contribution in [0.5, 0.6) is 5.75 Å². The third kappa shape index (κ3) is 2.73. The molecule has 0 saturated carbocycles. The van der Waals surface area contributed by atoms with E-state index in [9.17, 15) is 23.3 Å². The van der Waals surface area contributed by atoms with Crippen LogP contribution in [-0.2, 0) is 6.18 Å². The third-order valence-corrected chi connectivity index (χ3v) is 4.95. The molecule has 24 heavy (non-hydrogen) atoms. The third-order valence-electron chi connectivity index (χ3n) is 3.36. The van der Waals surface area contributed by atoms with Gasteiger partial charge in [-0.1, -0.05) is 23.4 Å². The summed E-state index contributed by atoms with van der Waals surface area (Å²) in [4.78, 5) is 10.6. The average molecular weight is 377 g/mol. The first-order valence-electron chi connectivity index (χ1n) is 6.43. The lowest BCUT2D eigenvalue weighted by Crippen LogP contribution is -2.13. The number of nitrogens with one attached hydrogen (secondary N) is 1. The van der Waals surface area contributed by atoms with Crippen molar-refractivity contribution in [1.82, 2.24) is 0 Å². The van der Waals surface area contributed by atoms with Crippen LogP contribution in [0.1, 0.15) is 5.56 Å². The molecule has 3 rings (SSSR count). The van der Waals surface area contributed by atoms with Crippen molar-refractivity contribution in [2.45, 2.75) is 16.0 Å². The molecule has 0 radical (unpaired) electrons. The summed E-state index contributed by atoms with van der Waals surface area (Å²) in [7, 11) is 1.38. The highest BCUT2D eigenvalue weighted by Crippen LogP contribution is 2.54. The van der Waals surface area contributed by atoms with E-state index in [1.54, 1.807) is 6.07 Å². The van der Waals surface area contributed by atoms with Gasteiger partial charge in [-0.2, -0.15) is 13.2 Å². The molecule has 0 unspecified atom stereocenters. The molecule has 0 spiro atoms. The van der Waals surface area contributed by atoms with Crippen molar-refractivity contribution in [3.8, 4) is 5.75 Å². The van der Waals surface area contributed by atoms with Crippen LogP contribution in [0.3, 0.4) is 0 Å². The first-order valence-corrected chi connectivity index (χ1v) is 7.63. The molecule has 1 aliphatic rings. The number of rotatable bonds is 2. The highest BCUT2D eigenvalue weighted by atomic mass is 35.5. The van der Waals surface area contributed by atoms with Crippen LogP contribution >= 0.6 is 23.4 Å². The molecule has 1 aliphatic heterocycles. The summed E-state index contributed by atoms with van der Waals surface area (Å²) in [5.74, 6) is 0.319. The number of nitro groups is 1. The van der Waals surface area contributed by atoms with Gasteiger partial charge in [-0.25, -0.2) is 0 Å². The molecule has 126 valence electrons. The van der Waals surface area contributed by atoms with Gasteiger partial charge in [-0.05, 0) is 12.1 Å². The van der Waals surface area contributed by atoms with E-state index in [0.29, 0.717) is 27.4 Å². The highest BCUT2D eigenvalue weighted by Gasteiger charge is 2.39. The number of nitrogens with zero attached hydrogens (tertiary/aromatic N) is 1. The van der Waals surface area contributed by atoms with E-state index in [1.165, 1.54) is 13.2 Å². The number of benzene rings is 2. The van der Waals surface area contributed by atoms with Crippen LogP contribution in [0.25, 0.3) is 0 Å². The molecule has 2 aromatic rings. The van der Waals surface area contributed by atoms with Gasteiger partial charge in [0.1, 0.15) is 5.75 Å². The zero-order chi connectivity index (χ0) is 17.6. The molecular weight excluding hydrogens is 369 g/mol. The van der Waals surface area contributed by atoms with E-state index in [-0.39, 0.29) is 10.6 Å². The normalized spacial score (nSPS) is 12.9. The van der Waals surface area contributed by atoms with Gasteiger partial charge >= 0.3 is 6.18 Å². The number of nitro benzene ring substituents is 1. The van der Waals surface area contributed by atoms with E-state index in [2.05, 4.69) is 5.32 Å². The van der Waals surface area contributed by atoms with Crippen LogP contribution in [0.15, 0.2) is 34.1 Å². The Hall–Kier alpha value is -2.13. The smallest absolute Gasteiger partial charge is 0.418 e. The van der Waals surface area contributed by atoms with Crippen molar-refractivity contribution in [2.24, 2.45) is 0 Å². The highest BCUT2D eigenvalue weighted by molar-refractivity contribution is 7.99. The van der Waals surface area contributed by atoms with Crippen molar-refractivity contribution >= 4 is 40.4 Å². The maximum absolute atomic E-state index is 13.3. The molecular formula is C14H8ClF3N2O3S. The maximum atomic E-state index is 13.3. The lowest BCUT2D eigenvalue weighted by Gasteiger charge is -2.26. The van der Waals surface area contributed by atoms with Gasteiger partial charge in [0.15, 0.2) is 0 Å². The Morgan fingerprint density at radius 1 is 1.29 bits per heavy atom. The largest absolute Gasteiger partial charge is 0.495 e. The van der Waals surface area contributed by atoms with Gasteiger partial charge in [-0.3, -0.25) is 10.1 Å². The second kappa shape index (κ2) is 5.75. The molecule has 0 amide bonds. The molecule has 1 heterocycles. The molecule has 0 aromatic heterocycles. The zero-order valence-electron chi connectivity index (χ0n) is 11.9. The van der Waals surface area contributed by atoms with Crippen LogP contribution < -0.4 is 10.1 Å². The van der Waals surface area contributed by atoms with Crippen molar-refractivity contribution < 1.29 is 22.8 Å². The number of hydrogen-bond acceptors (Lipinski definition) is 5. The van der Waals surface area contributed by atoms with E-state index >= 15 is 0 Å². The van der Waals surface area contributed by atoms with Crippen molar-refractivity contribution in [3.63, 3.8) is 0 Å². The lowest BCUT2D eigenvalue weighted by atomic mass is 10.1. The van der Waals surface area contributed by atoms with Gasteiger partial charge < -0.3 is 10.1 Å². The summed E-state index contributed by atoms with van der Waals surface area (Å²) >= 11 is 7.02. The number of non-ortho nitro benzene ring substituents is 1. The predicted octanol–water partition coefficient (Wildman–Crippen LogP) is 5.48. The standard InChI is InChI=1S/C14H8ClF3N2O3S/c1-23-9-3-2-8(15)13-12(9)19-11-7(14(16,17)18)4-6(20(21)22)5-10(11)24-13/h2-5,19H,1H3. The summed E-state index contributed by atoms with van der Waals surface area (Å²) in [5, 5.41) is 13.9. The fraction of sp³-hybridized carbons (Fsp3) is 0.143. The minimum Gasteiger partial charge on any atom is -0.495 e. The number of fused-ring (bicyclic) bond motifs is 2. The summed E-state index contributed by atoms with van der Waals surface area (Å²) in [6.07, 6.45) is -4.76. The first-order chi connectivity index (χ1) is 11.2. The second-order valence-corrected chi connectivity index (χ2v) is 6.26. The number of alkyl halides is 3. The number of ether oxygens (including phenoxy) is 1. The van der Waals surface area contributed by atoms with Gasteiger partial charge in [-0.15, -0.1) is 0 Å². The monoisotopic (exact) mass is 376 g/mol. The Labute approximate surface area is 142 Å². The van der Waals surface area contributed by atoms with E-state index < -0.39 is 22.4 Å². The summed E-state index contributed by atoms with van der Waals surface area (Å²) in [5.41, 5.74) is -1.72. The number of methoxy groups -OCH3 is 1. The van der Waals surface area contributed by atoms with Crippen molar-refractivity contribution in [3.05, 3.63) is 45.0 Å². The SMILES string of the molecule is COc1ccc(Cl)c2c1Nc1c(cc([N+](=O)[O-])cc1C(F)(F)F)S2. The predicted molar refractivity (Wildman–Crippen MR) is 83.5 cm³/mol. The fourth-order valence-corrected chi connectivity index (χ4v) is 3.66. The number of anilines is 2. The average Bonchev–Trinajstić information content (AvgIpc) is 2.52. The minimum absolute atomic E-state index is 0.0687. The molecule has 0 saturated heterocycles. The van der Waals surface area contributed by atoms with E-state index in [0.717, 1.165) is 17.8 Å². The molecule has 0 aliphatic carbocycles. The van der Waals surface area contributed by atoms with Crippen LogP contribution in [0.2, 0.25) is 5.02 Å². The van der Waals surface area contributed by atoms with Crippen LogP contribution in [0, 0.1) is 10.1 Å². The molecule has 10 heteroatoms. The summed E-state index contributed by atoms with van der Waals surface area (Å²) in [6, 6.07) is 4.66. The number of hydrogen-bond donors (Lipinski definition) is 1. The van der Waals surface area contributed by atoms with Gasteiger partial charge in [0.2, 0.25) is 0 Å². The molecule has 0 atom stereocenters. The maximum Gasteiger partial charge on any atom is 0.418 e.